The number of carbonyl (C=O) groups is 1. The number of phosphoric acid groups is 1. The van der Waals surface area contributed by atoms with Crippen LogP contribution in [-0.4, -0.2) is 66.3 Å². The Kier molecular flexibility index (Phi) is 42.4. The Labute approximate surface area is 354 Å². The molecule has 0 amide bonds. The standard InChI is InChI=1S/C48H83O9P/c1-3-5-7-9-11-13-15-17-19-21-22-23-24-25-26-28-30-32-34-36-38-40-48(51)57-47(45-56-58(52,53)55-43-46(50)42-49)44-54-41-39-37-35-33-31-29-27-20-18-16-14-12-10-8-6-4-2/h6,8,12,14-15,17-18,20-22,29,31,35,37,46-47,49-50H,3-5,7,9-11,13,16,19,23-28,30,32-34,36,38-45H2,1-2H3,(H,52,53)/b8-6-,14-12-,17-15-,20-18-,22-21-,31-29-,37-35-. The third-order valence-electron chi connectivity index (χ3n) is 9.08. The predicted molar refractivity (Wildman–Crippen MR) is 242 cm³/mol. The zero-order valence-corrected chi connectivity index (χ0v) is 37.4. The summed E-state index contributed by atoms with van der Waals surface area (Å²) in [4.78, 5) is 22.6. The molecule has 0 aliphatic rings. The monoisotopic (exact) mass is 835 g/mol. The van der Waals surface area contributed by atoms with Crippen LogP contribution in [0.15, 0.2) is 85.1 Å². The summed E-state index contributed by atoms with van der Waals surface area (Å²) in [5, 5.41) is 18.4. The van der Waals surface area contributed by atoms with E-state index < -0.39 is 45.8 Å². The first-order valence-electron chi connectivity index (χ1n) is 22.6. The van der Waals surface area contributed by atoms with Gasteiger partial charge >= 0.3 is 13.8 Å². The van der Waals surface area contributed by atoms with Gasteiger partial charge in [-0.15, -0.1) is 0 Å². The number of hydrogen-bond acceptors (Lipinski definition) is 8. The molecule has 334 valence electrons. The summed E-state index contributed by atoms with van der Waals surface area (Å²) in [5.74, 6) is -0.415. The van der Waals surface area contributed by atoms with Crippen LogP contribution in [0, 0.1) is 0 Å². The van der Waals surface area contributed by atoms with E-state index in [-0.39, 0.29) is 13.0 Å². The van der Waals surface area contributed by atoms with Crippen LogP contribution in [0.25, 0.3) is 0 Å². The van der Waals surface area contributed by atoms with Gasteiger partial charge in [-0.1, -0.05) is 170 Å². The van der Waals surface area contributed by atoms with Crippen molar-refractivity contribution in [3.63, 3.8) is 0 Å². The van der Waals surface area contributed by atoms with E-state index in [0.717, 1.165) is 64.2 Å². The molecule has 0 saturated heterocycles. The van der Waals surface area contributed by atoms with Crippen LogP contribution in [0.3, 0.4) is 0 Å². The van der Waals surface area contributed by atoms with Gasteiger partial charge < -0.3 is 24.6 Å². The van der Waals surface area contributed by atoms with Crippen molar-refractivity contribution in [3.05, 3.63) is 85.1 Å². The summed E-state index contributed by atoms with van der Waals surface area (Å²) >= 11 is 0. The Morgan fingerprint density at radius 1 is 0.552 bits per heavy atom. The van der Waals surface area contributed by atoms with Crippen molar-refractivity contribution in [1.82, 2.24) is 0 Å². The molecule has 0 radical (unpaired) electrons. The second-order valence-corrected chi connectivity index (χ2v) is 16.1. The van der Waals surface area contributed by atoms with E-state index in [1.807, 2.05) is 6.08 Å². The van der Waals surface area contributed by atoms with Gasteiger partial charge in [-0.05, 0) is 77.0 Å². The molecule has 9 nitrogen and oxygen atoms in total. The molecule has 0 aliphatic heterocycles. The summed E-state index contributed by atoms with van der Waals surface area (Å²) in [6.07, 6.45) is 54.2. The van der Waals surface area contributed by atoms with Crippen LogP contribution in [0.4, 0.5) is 0 Å². The minimum Gasteiger partial charge on any atom is -0.457 e. The maximum atomic E-state index is 12.6. The third-order valence-corrected chi connectivity index (χ3v) is 10.0. The van der Waals surface area contributed by atoms with Gasteiger partial charge in [0.15, 0.2) is 0 Å². The number of phosphoric ester groups is 1. The molecule has 0 spiro atoms. The van der Waals surface area contributed by atoms with Gasteiger partial charge in [0.2, 0.25) is 0 Å². The summed E-state index contributed by atoms with van der Waals surface area (Å²) < 4.78 is 33.3. The minimum atomic E-state index is -4.54. The van der Waals surface area contributed by atoms with E-state index in [1.165, 1.54) is 70.6 Å². The summed E-state index contributed by atoms with van der Waals surface area (Å²) in [7, 11) is -4.54. The lowest BCUT2D eigenvalue weighted by Gasteiger charge is -2.20. The Hall–Kier alpha value is -2.36. The lowest BCUT2D eigenvalue weighted by atomic mass is 10.1. The predicted octanol–water partition coefficient (Wildman–Crippen LogP) is 12.7. The van der Waals surface area contributed by atoms with Crippen molar-refractivity contribution >= 4 is 13.8 Å². The van der Waals surface area contributed by atoms with Gasteiger partial charge in [0, 0.05) is 6.42 Å². The van der Waals surface area contributed by atoms with Crippen molar-refractivity contribution in [1.29, 1.82) is 0 Å². The summed E-state index contributed by atoms with van der Waals surface area (Å²) in [5.41, 5.74) is 0. The van der Waals surface area contributed by atoms with Crippen LogP contribution >= 0.6 is 7.82 Å². The first kappa shape index (κ1) is 55.6. The number of carbonyl (C=O) groups excluding carboxylic acids is 1. The minimum absolute atomic E-state index is 0.0113. The quantitative estimate of drug-likeness (QED) is 0.0238. The van der Waals surface area contributed by atoms with Gasteiger partial charge in [-0.25, -0.2) is 4.57 Å². The highest BCUT2D eigenvalue weighted by Gasteiger charge is 2.26. The molecule has 0 aromatic carbocycles. The second kappa shape index (κ2) is 44.2. The van der Waals surface area contributed by atoms with Gasteiger partial charge in [-0.3, -0.25) is 13.8 Å². The average molecular weight is 835 g/mol. The van der Waals surface area contributed by atoms with Crippen molar-refractivity contribution < 1.29 is 43.0 Å². The number of unbranched alkanes of at least 4 members (excludes halogenated alkanes) is 14. The molecule has 58 heavy (non-hydrogen) atoms. The highest BCUT2D eigenvalue weighted by Crippen LogP contribution is 2.43. The Balaban J connectivity index is 4.26. The molecule has 0 aliphatic carbocycles. The van der Waals surface area contributed by atoms with Gasteiger partial charge in [0.1, 0.15) is 12.2 Å². The Bertz CT molecular complexity index is 1170. The third kappa shape index (κ3) is 43.2. The van der Waals surface area contributed by atoms with Crippen LogP contribution in [-0.2, 0) is 27.9 Å². The average Bonchev–Trinajstić information content (AvgIpc) is 3.21. The van der Waals surface area contributed by atoms with Gasteiger partial charge in [-0.2, -0.15) is 0 Å². The number of ether oxygens (including phenoxy) is 2. The first-order chi connectivity index (χ1) is 28.3. The Morgan fingerprint density at radius 2 is 0.983 bits per heavy atom. The van der Waals surface area contributed by atoms with Crippen molar-refractivity contribution in [2.45, 2.75) is 180 Å². The highest BCUT2D eigenvalue weighted by atomic mass is 31.2. The molecule has 0 heterocycles. The zero-order valence-electron chi connectivity index (χ0n) is 36.5. The lowest BCUT2D eigenvalue weighted by Crippen LogP contribution is -2.29. The summed E-state index contributed by atoms with van der Waals surface area (Å²) in [6, 6.07) is 0. The largest absolute Gasteiger partial charge is 0.472 e. The lowest BCUT2D eigenvalue weighted by molar-refractivity contribution is -0.154. The van der Waals surface area contributed by atoms with E-state index in [1.54, 1.807) is 0 Å². The van der Waals surface area contributed by atoms with Crippen LogP contribution in [0.1, 0.15) is 168 Å². The molecular weight excluding hydrogens is 751 g/mol. The Morgan fingerprint density at radius 3 is 1.48 bits per heavy atom. The number of esters is 1. The number of allylic oxidation sites excluding steroid dienone is 13. The van der Waals surface area contributed by atoms with E-state index >= 15 is 0 Å². The maximum Gasteiger partial charge on any atom is 0.472 e. The zero-order chi connectivity index (χ0) is 42.5. The van der Waals surface area contributed by atoms with Crippen molar-refractivity contribution in [3.8, 4) is 0 Å². The molecule has 0 fully saturated rings. The highest BCUT2D eigenvalue weighted by molar-refractivity contribution is 7.47. The number of aliphatic hydroxyl groups excluding tert-OH is 2. The van der Waals surface area contributed by atoms with E-state index in [9.17, 15) is 19.4 Å². The SMILES string of the molecule is CC/C=C\C/C=C\C/C=C\C/C=C\C/C=C\CCOCC(COP(=O)(O)OCC(O)CO)OC(=O)CCCCCCCCCCC/C=C\C/C=C\CCCCCCC. The fraction of sp³-hybridized carbons (Fsp3) is 0.688. The van der Waals surface area contributed by atoms with Crippen LogP contribution < -0.4 is 0 Å². The fourth-order valence-corrected chi connectivity index (χ4v) is 6.47. The molecule has 0 aromatic rings. The molecule has 3 atom stereocenters. The maximum absolute atomic E-state index is 12.6. The molecule has 0 bridgehead atoms. The molecule has 0 aromatic heterocycles. The molecule has 0 rings (SSSR count). The van der Waals surface area contributed by atoms with Crippen LogP contribution in [0.2, 0.25) is 0 Å². The molecule has 10 heteroatoms. The van der Waals surface area contributed by atoms with E-state index in [2.05, 4.69) is 92.8 Å². The topological polar surface area (TPSA) is 132 Å². The second-order valence-electron chi connectivity index (χ2n) is 14.7. The summed E-state index contributed by atoms with van der Waals surface area (Å²) in [6.45, 7) is 3.15. The van der Waals surface area contributed by atoms with Crippen molar-refractivity contribution in [2.24, 2.45) is 0 Å². The number of hydrogen-bond donors (Lipinski definition) is 3. The van der Waals surface area contributed by atoms with Crippen molar-refractivity contribution in [2.75, 3.05) is 33.0 Å². The van der Waals surface area contributed by atoms with Gasteiger partial charge in [0.05, 0.1) is 33.0 Å². The number of rotatable bonds is 42. The van der Waals surface area contributed by atoms with E-state index in [0.29, 0.717) is 19.4 Å². The smallest absolute Gasteiger partial charge is 0.457 e. The fourth-order valence-electron chi connectivity index (χ4n) is 5.68. The molecule has 3 unspecified atom stereocenters. The molecule has 3 N–H and O–H groups in total. The molecular formula is C48H83O9P. The normalized spacial score (nSPS) is 14.8. The van der Waals surface area contributed by atoms with E-state index in [4.69, 9.17) is 23.6 Å². The van der Waals surface area contributed by atoms with Gasteiger partial charge in [0.25, 0.3) is 0 Å². The molecule has 0 saturated carbocycles. The number of aliphatic hydroxyl groups is 2. The van der Waals surface area contributed by atoms with Crippen LogP contribution in [0.5, 0.6) is 0 Å². The first-order valence-corrected chi connectivity index (χ1v) is 24.1.